The second-order valence-electron chi connectivity index (χ2n) is 4.50. The molecule has 0 saturated carbocycles. The zero-order valence-electron chi connectivity index (χ0n) is 9.04. The lowest BCUT2D eigenvalue weighted by molar-refractivity contribution is 0.216. The van der Waals surface area contributed by atoms with Crippen LogP contribution in [0.5, 0.6) is 0 Å². The third-order valence-corrected chi connectivity index (χ3v) is 3.41. The second kappa shape index (κ2) is 3.49. The van der Waals surface area contributed by atoms with E-state index in [0.29, 0.717) is 0 Å². The molecule has 0 N–H and O–H groups in total. The van der Waals surface area contributed by atoms with Crippen molar-refractivity contribution < 1.29 is 0 Å². The Balaban J connectivity index is 3.00. The fourth-order valence-corrected chi connectivity index (χ4v) is 1.38. The normalized spacial score (nSPS) is 27.7. The number of hydrogen-bond donors (Lipinski definition) is 0. The lowest BCUT2D eigenvalue weighted by atomic mass is 9.66. The summed E-state index contributed by atoms with van der Waals surface area (Å²) in [7, 11) is 0. The van der Waals surface area contributed by atoms with Crippen LogP contribution in [0, 0.1) is 10.8 Å². The van der Waals surface area contributed by atoms with Crippen LogP contribution in [0.1, 0.15) is 34.1 Å². The van der Waals surface area contributed by atoms with Gasteiger partial charge in [0.2, 0.25) is 0 Å². The molecule has 0 radical (unpaired) electrons. The Hall–Kier alpha value is -0.850. The summed E-state index contributed by atoms with van der Waals surface area (Å²) >= 11 is 0. The van der Waals surface area contributed by atoms with Gasteiger partial charge in [0.1, 0.15) is 0 Å². The molecule has 0 aromatic rings. The first-order valence-electron chi connectivity index (χ1n) is 4.90. The minimum atomic E-state index is 0.0747. The van der Waals surface area contributed by atoms with Gasteiger partial charge in [0.15, 0.2) is 0 Å². The van der Waals surface area contributed by atoms with Gasteiger partial charge in [0, 0.05) is 17.8 Å². The Morgan fingerprint density at radius 3 is 2.62 bits per heavy atom. The second-order valence-corrected chi connectivity index (χ2v) is 4.50. The zero-order chi connectivity index (χ0) is 9.95. The predicted molar refractivity (Wildman–Crippen MR) is 59.0 cm³/mol. The van der Waals surface area contributed by atoms with Gasteiger partial charge in [-0.1, -0.05) is 39.8 Å². The summed E-state index contributed by atoms with van der Waals surface area (Å²) < 4.78 is 0. The number of rotatable bonds is 2. The van der Waals surface area contributed by atoms with E-state index in [1.807, 2.05) is 12.3 Å². The summed E-state index contributed by atoms with van der Waals surface area (Å²) in [4.78, 5) is 4.27. The third kappa shape index (κ3) is 1.90. The van der Waals surface area contributed by atoms with Crippen molar-refractivity contribution in [1.82, 2.24) is 0 Å². The van der Waals surface area contributed by atoms with E-state index in [1.54, 1.807) is 0 Å². The summed E-state index contributed by atoms with van der Waals surface area (Å²) in [5.74, 6) is 0. The monoisotopic (exact) mass is 177 g/mol. The lowest BCUT2D eigenvalue weighted by Crippen LogP contribution is -2.34. The number of aliphatic imine (C=N–C) groups is 1. The minimum Gasteiger partial charge on any atom is -0.268 e. The van der Waals surface area contributed by atoms with Gasteiger partial charge in [0.25, 0.3) is 0 Å². The molecule has 0 aromatic carbocycles. The van der Waals surface area contributed by atoms with E-state index in [1.165, 1.54) is 0 Å². The average molecular weight is 177 g/mol. The Morgan fingerprint density at radius 2 is 2.00 bits per heavy atom. The topological polar surface area (TPSA) is 12.4 Å². The molecule has 1 aliphatic heterocycles. The van der Waals surface area contributed by atoms with Gasteiger partial charge < -0.3 is 0 Å². The summed E-state index contributed by atoms with van der Waals surface area (Å²) in [6, 6.07) is 0. The minimum absolute atomic E-state index is 0.0747. The molecule has 1 heteroatoms. The molecule has 0 amide bonds. The highest BCUT2D eigenvalue weighted by atomic mass is 14.7. The number of allylic oxidation sites excluding steroid dienone is 3. The molecule has 1 atom stereocenters. The van der Waals surface area contributed by atoms with Crippen molar-refractivity contribution in [3.8, 4) is 0 Å². The van der Waals surface area contributed by atoms with E-state index < -0.39 is 0 Å². The van der Waals surface area contributed by atoms with E-state index in [4.69, 9.17) is 0 Å². The van der Waals surface area contributed by atoms with Crippen LogP contribution in [0.3, 0.4) is 0 Å². The van der Waals surface area contributed by atoms with Crippen molar-refractivity contribution in [1.29, 1.82) is 0 Å². The molecule has 1 nitrogen and oxygen atoms in total. The fourth-order valence-electron chi connectivity index (χ4n) is 1.38. The Bertz CT molecular complexity index is 240. The molecule has 0 fully saturated rings. The van der Waals surface area contributed by atoms with Crippen molar-refractivity contribution in [2.75, 3.05) is 0 Å². The Labute approximate surface area is 81.3 Å². The molecule has 0 bridgehead atoms. The molecule has 0 spiro atoms. The van der Waals surface area contributed by atoms with Crippen LogP contribution in [0.4, 0.5) is 0 Å². The van der Waals surface area contributed by atoms with Crippen molar-refractivity contribution in [2.45, 2.75) is 34.1 Å². The maximum absolute atomic E-state index is 4.27. The first-order valence-corrected chi connectivity index (χ1v) is 4.90. The SMILES string of the molecule is CCC(C)(C)C1(C)C=CC=CN=C1. The first kappa shape index (κ1) is 10.2. The largest absolute Gasteiger partial charge is 0.268 e. The van der Waals surface area contributed by atoms with Gasteiger partial charge in [0.05, 0.1) is 0 Å². The van der Waals surface area contributed by atoms with E-state index in [2.05, 4.69) is 51.1 Å². The van der Waals surface area contributed by atoms with Crippen LogP contribution in [0.15, 0.2) is 29.4 Å². The van der Waals surface area contributed by atoms with Gasteiger partial charge in [-0.15, -0.1) is 0 Å². The highest BCUT2D eigenvalue weighted by Crippen LogP contribution is 2.41. The first-order chi connectivity index (χ1) is 6.02. The maximum atomic E-state index is 4.27. The zero-order valence-corrected chi connectivity index (χ0v) is 9.04. The van der Waals surface area contributed by atoms with Crippen molar-refractivity contribution in [3.63, 3.8) is 0 Å². The van der Waals surface area contributed by atoms with Crippen LogP contribution >= 0.6 is 0 Å². The highest BCUT2D eigenvalue weighted by molar-refractivity contribution is 5.70. The molecule has 1 heterocycles. The standard InChI is InChI=1S/C12H19N/c1-5-11(2,3)12(4)8-6-7-9-13-10-12/h6-10H,5H2,1-4H3. The van der Waals surface area contributed by atoms with E-state index in [0.717, 1.165) is 6.42 Å². The molecule has 1 unspecified atom stereocenters. The summed E-state index contributed by atoms with van der Waals surface area (Å²) in [5.41, 5.74) is 0.338. The average Bonchev–Trinajstić information content (AvgIpc) is 2.31. The van der Waals surface area contributed by atoms with Gasteiger partial charge in [-0.05, 0) is 17.9 Å². The van der Waals surface area contributed by atoms with Crippen LogP contribution in [0.2, 0.25) is 0 Å². The summed E-state index contributed by atoms with van der Waals surface area (Å²) in [6.07, 6.45) is 11.4. The maximum Gasteiger partial charge on any atom is 0.0264 e. The van der Waals surface area contributed by atoms with Gasteiger partial charge in [-0.2, -0.15) is 0 Å². The van der Waals surface area contributed by atoms with Crippen LogP contribution in [-0.4, -0.2) is 6.21 Å². The Morgan fingerprint density at radius 1 is 1.31 bits per heavy atom. The van der Waals surface area contributed by atoms with Crippen molar-refractivity contribution in [3.05, 3.63) is 24.4 Å². The van der Waals surface area contributed by atoms with E-state index in [-0.39, 0.29) is 10.8 Å². The third-order valence-electron chi connectivity index (χ3n) is 3.41. The molecule has 13 heavy (non-hydrogen) atoms. The summed E-state index contributed by atoms with van der Waals surface area (Å²) in [5, 5.41) is 0. The number of hydrogen-bond acceptors (Lipinski definition) is 1. The van der Waals surface area contributed by atoms with Crippen LogP contribution in [0.25, 0.3) is 0 Å². The van der Waals surface area contributed by atoms with Crippen molar-refractivity contribution in [2.24, 2.45) is 15.8 Å². The van der Waals surface area contributed by atoms with E-state index >= 15 is 0 Å². The van der Waals surface area contributed by atoms with Crippen molar-refractivity contribution >= 4 is 6.21 Å². The quantitative estimate of drug-likeness (QED) is 0.611. The molecular weight excluding hydrogens is 158 g/mol. The molecule has 0 aromatic heterocycles. The Kier molecular flexibility index (Phi) is 2.74. The molecule has 0 aliphatic carbocycles. The van der Waals surface area contributed by atoms with Crippen LogP contribution < -0.4 is 0 Å². The molecule has 1 rings (SSSR count). The fraction of sp³-hybridized carbons (Fsp3) is 0.583. The molecule has 72 valence electrons. The summed E-state index contributed by atoms with van der Waals surface area (Å²) in [6.45, 7) is 9.04. The highest BCUT2D eigenvalue weighted by Gasteiger charge is 2.36. The lowest BCUT2D eigenvalue weighted by Gasteiger charge is -2.38. The smallest absolute Gasteiger partial charge is 0.0264 e. The molecule has 0 saturated heterocycles. The van der Waals surface area contributed by atoms with E-state index in [9.17, 15) is 0 Å². The van der Waals surface area contributed by atoms with Gasteiger partial charge in [-0.3, -0.25) is 4.99 Å². The molecular formula is C12H19N. The molecule has 1 aliphatic rings. The van der Waals surface area contributed by atoms with Gasteiger partial charge in [-0.25, -0.2) is 0 Å². The number of nitrogens with zero attached hydrogens (tertiary/aromatic N) is 1. The van der Waals surface area contributed by atoms with Crippen LogP contribution in [-0.2, 0) is 0 Å². The van der Waals surface area contributed by atoms with Gasteiger partial charge >= 0.3 is 0 Å². The predicted octanol–water partition coefficient (Wildman–Crippen LogP) is 3.58.